The van der Waals surface area contributed by atoms with Crippen molar-refractivity contribution >= 4 is 34.4 Å². The molecule has 18 heavy (non-hydrogen) atoms. The molecule has 0 spiro atoms. The molecule has 3 N–H and O–H groups in total. The third-order valence-electron chi connectivity index (χ3n) is 2.24. The molecule has 0 radical (unpaired) electrons. The van der Waals surface area contributed by atoms with Crippen LogP contribution in [-0.4, -0.2) is 34.1 Å². The number of nitrogens with zero attached hydrogens (tertiary/aromatic N) is 4. The number of hydrogen-bond acceptors (Lipinski definition) is 5. The van der Waals surface area contributed by atoms with E-state index in [0.717, 1.165) is 10.1 Å². The lowest BCUT2D eigenvalue weighted by atomic mass is 10.2. The van der Waals surface area contributed by atoms with Crippen LogP contribution in [0.3, 0.4) is 0 Å². The molecular formula is C11H18IN5O. The first-order chi connectivity index (χ1) is 8.52. The van der Waals surface area contributed by atoms with Crippen LogP contribution in [0, 0.1) is 9.49 Å². The second kappa shape index (κ2) is 7.34. The van der Waals surface area contributed by atoms with Crippen LogP contribution in [0.1, 0.15) is 20.3 Å². The zero-order chi connectivity index (χ0) is 13.5. The molecule has 0 fully saturated rings. The Balaban J connectivity index is 2.74. The lowest BCUT2D eigenvalue weighted by Gasteiger charge is -2.24. The lowest BCUT2D eigenvalue weighted by Crippen LogP contribution is -2.32. The molecule has 100 valence electrons. The highest BCUT2D eigenvalue weighted by atomic mass is 127. The van der Waals surface area contributed by atoms with E-state index >= 15 is 0 Å². The number of anilines is 1. The minimum atomic E-state index is 0.217. The van der Waals surface area contributed by atoms with Crippen molar-refractivity contribution in [2.75, 3.05) is 18.0 Å². The summed E-state index contributed by atoms with van der Waals surface area (Å²) in [7, 11) is 0. The van der Waals surface area contributed by atoms with Gasteiger partial charge >= 0.3 is 0 Å². The molecule has 0 saturated heterocycles. The third-order valence-corrected chi connectivity index (χ3v) is 2.80. The summed E-state index contributed by atoms with van der Waals surface area (Å²) in [4.78, 5) is 10.6. The van der Waals surface area contributed by atoms with Crippen molar-refractivity contribution in [3.63, 3.8) is 0 Å². The SMILES string of the molecule is CC(C)CN(CCC(N)=NO)c1ncc(I)cn1. The van der Waals surface area contributed by atoms with Crippen molar-refractivity contribution in [1.29, 1.82) is 0 Å². The van der Waals surface area contributed by atoms with E-state index in [4.69, 9.17) is 10.9 Å². The second-order valence-corrected chi connectivity index (χ2v) is 5.63. The number of hydrogen-bond donors (Lipinski definition) is 2. The fourth-order valence-corrected chi connectivity index (χ4v) is 1.76. The molecule has 6 nitrogen and oxygen atoms in total. The van der Waals surface area contributed by atoms with Crippen molar-refractivity contribution in [1.82, 2.24) is 9.97 Å². The molecule has 0 unspecified atom stereocenters. The van der Waals surface area contributed by atoms with Gasteiger partial charge in [-0.2, -0.15) is 0 Å². The summed E-state index contributed by atoms with van der Waals surface area (Å²) in [6, 6.07) is 0. The Labute approximate surface area is 120 Å². The third kappa shape index (κ3) is 5.03. The van der Waals surface area contributed by atoms with Crippen molar-refractivity contribution in [3.05, 3.63) is 16.0 Å². The largest absolute Gasteiger partial charge is 0.409 e. The maximum absolute atomic E-state index is 8.55. The van der Waals surface area contributed by atoms with Crippen molar-refractivity contribution < 1.29 is 5.21 Å². The fourth-order valence-electron chi connectivity index (χ4n) is 1.48. The predicted molar refractivity (Wildman–Crippen MR) is 79.8 cm³/mol. The molecule has 0 aliphatic carbocycles. The van der Waals surface area contributed by atoms with Crippen LogP contribution < -0.4 is 10.6 Å². The lowest BCUT2D eigenvalue weighted by molar-refractivity contribution is 0.317. The number of nitrogens with two attached hydrogens (primary N) is 1. The van der Waals surface area contributed by atoms with E-state index in [1.165, 1.54) is 0 Å². The Kier molecular flexibility index (Phi) is 6.10. The van der Waals surface area contributed by atoms with Crippen molar-refractivity contribution in [2.24, 2.45) is 16.8 Å². The standard InChI is InChI=1S/C11H18IN5O/c1-8(2)7-17(4-3-10(13)16-18)11-14-5-9(12)6-15-11/h5-6,8,18H,3-4,7H2,1-2H3,(H2,13,16). The predicted octanol–water partition coefficient (Wildman–Crippen LogP) is 1.68. The smallest absolute Gasteiger partial charge is 0.225 e. The normalized spacial score (nSPS) is 11.9. The minimum Gasteiger partial charge on any atom is -0.409 e. The number of amidine groups is 1. The van der Waals surface area contributed by atoms with Gasteiger partial charge in [-0.15, -0.1) is 0 Å². The van der Waals surface area contributed by atoms with E-state index in [2.05, 4.69) is 51.6 Å². The molecule has 0 atom stereocenters. The summed E-state index contributed by atoms with van der Waals surface area (Å²) in [5, 5.41) is 11.5. The topological polar surface area (TPSA) is 87.6 Å². The molecule has 0 bridgehead atoms. The van der Waals surface area contributed by atoms with Gasteiger partial charge < -0.3 is 15.8 Å². The molecule has 0 aliphatic heterocycles. The molecule has 1 heterocycles. The van der Waals surface area contributed by atoms with Gasteiger partial charge in [-0.05, 0) is 28.5 Å². The average molecular weight is 363 g/mol. The Morgan fingerprint density at radius 1 is 1.50 bits per heavy atom. The molecule has 0 amide bonds. The zero-order valence-electron chi connectivity index (χ0n) is 10.5. The van der Waals surface area contributed by atoms with Gasteiger partial charge in [0.25, 0.3) is 0 Å². The number of aromatic nitrogens is 2. The van der Waals surface area contributed by atoms with Gasteiger partial charge in [0.05, 0.1) is 0 Å². The molecule has 1 aromatic rings. The first-order valence-corrected chi connectivity index (χ1v) is 6.79. The van der Waals surface area contributed by atoms with E-state index < -0.39 is 0 Å². The highest BCUT2D eigenvalue weighted by molar-refractivity contribution is 14.1. The molecule has 1 rings (SSSR count). The quantitative estimate of drug-likeness (QED) is 0.264. The van der Waals surface area contributed by atoms with Crippen LogP contribution in [0.4, 0.5) is 5.95 Å². The number of oxime groups is 1. The van der Waals surface area contributed by atoms with E-state index in [1.54, 1.807) is 12.4 Å². The number of rotatable bonds is 6. The molecule has 0 saturated carbocycles. The monoisotopic (exact) mass is 363 g/mol. The Morgan fingerprint density at radius 3 is 2.61 bits per heavy atom. The summed E-state index contributed by atoms with van der Waals surface area (Å²) >= 11 is 2.17. The van der Waals surface area contributed by atoms with Crippen LogP contribution in [-0.2, 0) is 0 Å². The van der Waals surface area contributed by atoms with Crippen LogP contribution in [0.15, 0.2) is 17.5 Å². The Morgan fingerprint density at radius 2 is 2.11 bits per heavy atom. The van der Waals surface area contributed by atoms with E-state index in [0.29, 0.717) is 24.8 Å². The summed E-state index contributed by atoms with van der Waals surface area (Å²) in [5.74, 6) is 1.38. The maximum Gasteiger partial charge on any atom is 0.225 e. The number of halogens is 1. The Bertz CT molecular complexity index is 393. The van der Waals surface area contributed by atoms with Crippen LogP contribution in [0.2, 0.25) is 0 Å². The zero-order valence-corrected chi connectivity index (χ0v) is 12.7. The van der Waals surface area contributed by atoms with E-state index in [9.17, 15) is 0 Å². The van der Waals surface area contributed by atoms with Gasteiger partial charge in [0.1, 0.15) is 5.84 Å². The highest BCUT2D eigenvalue weighted by Gasteiger charge is 2.12. The van der Waals surface area contributed by atoms with E-state index in [-0.39, 0.29) is 5.84 Å². The van der Waals surface area contributed by atoms with Crippen LogP contribution >= 0.6 is 22.6 Å². The molecule has 0 aliphatic rings. The van der Waals surface area contributed by atoms with Gasteiger partial charge in [-0.1, -0.05) is 19.0 Å². The van der Waals surface area contributed by atoms with Crippen LogP contribution in [0.25, 0.3) is 0 Å². The molecular weight excluding hydrogens is 345 g/mol. The van der Waals surface area contributed by atoms with Crippen molar-refractivity contribution in [3.8, 4) is 0 Å². The minimum absolute atomic E-state index is 0.217. The van der Waals surface area contributed by atoms with Crippen LogP contribution in [0.5, 0.6) is 0 Å². The summed E-state index contributed by atoms with van der Waals surface area (Å²) in [5.41, 5.74) is 5.49. The second-order valence-electron chi connectivity index (χ2n) is 4.38. The van der Waals surface area contributed by atoms with Gasteiger partial charge in [-0.25, -0.2) is 9.97 Å². The van der Waals surface area contributed by atoms with Gasteiger partial charge in [0.2, 0.25) is 5.95 Å². The summed E-state index contributed by atoms with van der Waals surface area (Å²) < 4.78 is 0.997. The van der Waals surface area contributed by atoms with Gasteiger partial charge in [0, 0.05) is 35.5 Å². The highest BCUT2D eigenvalue weighted by Crippen LogP contribution is 2.11. The summed E-state index contributed by atoms with van der Waals surface area (Å²) in [6.07, 6.45) is 4.04. The van der Waals surface area contributed by atoms with Crippen molar-refractivity contribution in [2.45, 2.75) is 20.3 Å². The first-order valence-electron chi connectivity index (χ1n) is 5.71. The molecule has 1 aromatic heterocycles. The fraction of sp³-hybridized carbons (Fsp3) is 0.545. The van der Waals surface area contributed by atoms with Gasteiger partial charge in [-0.3, -0.25) is 0 Å². The first kappa shape index (κ1) is 14.9. The van der Waals surface area contributed by atoms with Gasteiger partial charge in [0.15, 0.2) is 0 Å². The molecule has 0 aromatic carbocycles. The average Bonchev–Trinajstić information content (AvgIpc) is 2.34. The molecule has 7 heteroatoms. The maximum atomic E-state index is 8.55. The van der Waals surface area contributed by atoms with E-state index in [1.807, 2.05) is 4.90 Å². The summed E-state index contributed by atoms with van der Waals surface area (Å²) in [6.45, 7) is 5.72. The Hall–Kier alpha value is -1.12.